The summed E-state index contributed by atoms with van der Waals surface area (Å²) in [6, 6.07) is 0.114. The van der Waals surface area contributed by atoms with Crippen molar-refractivity contribution in [1.82, 2.24) is 26.0 Å². The van der Waals surface area contributed by atoms with Crippen LogP contribution in [0.5, 0.6) is 0 Å². The van der Waals surface area contributed by atoms with Gasteiger partial charge in [-0.2, -0.15) is 0 Å². The topological polar surface area (TPSA) is 92.3 Å². The Morgan fingerprint density at radius 3 is 2.79 bits per heavy atom. The predicted molar refractivity (Wildman–Crippen MR) is 105 cm³/mol. The maximum absolute atomic E-state index is 14.4. The van der Waals surface area contributed by atoms with Gasteiger partial charge >= 0.3 is 0 Å². The van der Waals surface area contributed by atoms with Gasteiger partial charge in [-0.15, -0.1) is 0 Å². The van der Waals surface area contributed by atoms with Gasteiger partial charge in [0.2, 0.25) is 0 Å². The Morgan fingerprint density at radius 2 is 1.90 bits per heavy atom. The Bertz CT molecular complexity index is 574. The second-order valence-electron chi connectivity index (χ2n) is 9.64. The second kappa shape index (κ2) is 8.63. The summed E-state index contributed by atoms with van der Waals surface area (Å²) >= 11 is 0. The lowest BCUT2D eigenvalue weighted by molar-refractivity contribution is -0.0881. The molecule has 5 N–H and O–H groups in total. The van der Waals surface area contributed by atoms with Gasteiger partial charge in [0.15, 0.2) is 0 Å². The normalized spacial score (nSPS) is 50.0. The number of hydrogen-bond acceptors (Lipinski definition) is 8. The van der Waals surface area contributed by atoms with E-state index in [1.165, 1.54) is 0 Å². The van der Waals surface area contributed by atoms with Crippen LogP contribution in [0.4, 0.5) is 4.39 Å². The number of alkyl halides is 1. The van der Waals surface area contributed by atoms with Gasteiger partial charge in [-0.3, -0.25) is 15.6 Å². The van der Waals surface area contributed by atoms with Crippen molar-refractivity contribution in [3.8, 4) is 0 Å². The summed E-state index contributed by atoms with van der Waals surface area (Å²) in [5.74, 6) is 0.453. The zero-order valence-corrected chi connectivity index (χ0v) is 17.0. The van der Waals surface area contributed by atoms with Crippen molar-refractivity contribution >= 4 is 0 Å². The number of nitrogens with one attached hydrogen (secondary N) is 3. The number of nitrogens with zero attached hydrogens (tertiary/aromatic N) is 2. The molecule has 2 bridgehead atoms. The van der Waals surface area contributed by atoms with E-state index in [2.05, 4.69) is 26.0 Å². The molecule has 4 heterocycles. The van der Waals surface area contributed by atoms with Crippen LogP contribution in [0.3, 0.4) is 0 Å². The van der Waals surface area contributed by atoms with E-state index >= 15 is 0 Å². The molecule has 6 unspecified atom stereocenters. The third kappa shape index (κ3) is 4.21. The van der Waals surface area contributed by atoms with Crippen LogP contribution in [0, 0.1) is 11.8 Å². The number of fused-ring (bicyclic) bond motifs is 5. The molecule has 4 aliphatic heterocycles. The van der Waals surface area contributed by atoms with E-state index in [0.29, 0.717) is 44.7 Å². The first kappa shape index (κ1) is 20.5. The standard InChI is InChI=1S/C20H36FN5O3/c21-13-1-2-18-16(5-13)17-6-14(27)10-25(17)19-3-4-26-20(24-19)12(8-23-26)7-22-9-15(28)11-29-18/h12-20,22-24,27-28H,1-11H2/t12?,13?,14-,15+,16?,17-,18?,19?,20?/m1/s1. The fourth-order valence-corrected chi connectivity index (χ4v) is 6.24. The van der Waals surface area contributed by atoms with Gasteiger partial charge in [0.1, 0.15) is 6.17 Å². The Kier molecular flexibility index (Phi) is 6.10. The van der Waals surface area contributed by atoms with E-state index < -0.39 is 12.3 Å². The number of halogens is 1. The zero-order valence-electron chi connectivity index (χ0n) is 17.0. The minimum atomic E-state index is -0.803. The number of β-amino-alcohol motifs (C(OH)–C–C–N with tert-alkyl or cyclic N) is 1. The summed E-state index contributed by atoms with van der Waals surface area (Å²) in [6.45, 7) is 4.10. The predicted octanol–water partition coefficient (Wildman–Crippen LogP) is -1.01. The van der Waals surface area contributed by atoms with Crippen molar-refractivity contribution in [3.63, 3.8) is 0 Å². The van der Waals surface area contributed by atoms with Crippen LogP contribution in [-0.4, -0.2) is 102 Å². The van der Waals surface area contributed by atoms with Crippen molar-refractivity contribution < 1.29 is 19.3 Å². The highest BCUT2D eigenvalue weighted by molar-refractivity contribution is 5.00. The lowest BCUT2D eigenvalue weighted by Gasteiger charge is -2.47. The van der Waals surface area contributed by atoms with E-state index in [1.807, 2.05) is 0 Å². The summed E-state index contributed by atoms with van der Waals surface area (Å²) < 4.78 is 20.6. The molecule has 0 aromatic heterocycles. The first-order valence-corrected chi connectivity index (χ1v) is 11.4. The number of hydrazine groups is 1. The Balaban J connectivity index is 1.41. The molecule has 1 saturated carbocycles. The highest BCUT2D eigenvalue weighted by atomic mass is 19.1. The highest BCUT2D eigenvalue weighted by Crippen LogP contribution is 2.39. The smallest absolute Gasteiger partial charge is 0.101 e. The van der Waals surface area contributed by atoms with Crippen LogP contribution in [0.15, 0.2) is 0 Å². The highest BCUT2D eigenvalue weighted by Gasteiger charge is 2.48. The van der Waals surface area contributed by atoms with Gasteiger partial charge in [-0.25, -0.2) is 9.40 Å². The molecule has 166 valence electrons. The summed E-state index contributed by atoms with van der Waals surface area (Å²) in [7, 11) is 0. The lowest BCUT2D eigenvalue weighted by Crippen LogP contribution is -2.64. The van der Waals surface area contributed by atoms with Crippen LogP contribution >= 0.6 is 0 Å². The van der Waals surface area contributed by atoms with Crippen LogP contribution in [0.1, 0.15) is 32.1 Å². The van der Waals surface area contributed by atoms with Gasteiger partial charge in [-0.1, -0.05) is 0 Å². The number of aliphatic hydroxyl groups excluding tert-OH is 2. The molecule has 0 spiro atoms. The molecule has 9 heteroatoms. The summed E-state index contributed by atoms with van der Waals surface area (Å²) in [4.78, 5) is 2.39. The lowest BCUT2D eigenvalue weighted by atomic mass is 9.79. The van der Waals surface area contributed by atoms with E-state index in [1.54, 1.807) is 0 Å². The fourth-order valence-electron chi connectivity index (χ4n) is 6.24. The Labute approximate surface area is 172 Å². The summed E-state index contributed by atoms with van der Waals surface area (Å²) in [5, 5.41) is 30.4. The number of aliphatic hydroxyl groups is 2. The summed E-state index contributed by atoms with van der Waals surface area (Å²) in [5.41, 5.74) is 3.50. The van der Waals surface area contributed by atoms with Gasteiger partial charge in [0, 0.05) is 50.6 Å². The molecule has 5 fully saturated rings. The molecule has 29 heavy (non-hydrogen) atoms. The largest absolute Gasteiger partial charge is 0.392 e. The number of rotatable bonds is 0. The second-order valence-corrected chi connectivity index (χ2v) is 9.64. The number of hydrogen-bond donors (Lipinski definition) is 5. The van der Waals surface area contributed by atoms with Gasteiger partial charge in [0.25, 0.3) is 0 Å². The maximum Gasteiger partial charge on any atom is 0.101 e. The Morgan fingerprint density at radius 1 is 1.00 bits per heavy atom. The minimum Gasteiger partial charge on any atom is -0.392 e. The molecule has 4 saturated heterocycles. The fraction of sp³-hybridized carbons (Fsp3) is 1.00. The first-order chi connectivity index (χ1) is 14.1. The average Bonchev–Trinajstić information content (AvgIpc) is 3.29. The Hall–Kier alpha value is -0.390. The maximum atomic E-state index is 14.4. The average molecular weight is 414 g/mol. The van der Waals surface area contributed by atoms with Crippen molar-refractivity contribution in [2.75, 3.05) is 39.3 Å². The molecular formula is C20H36FN5O3. The zero-order chi connectivity index (χ0) is 20.0. The van der Waals surface area contributed by atoms with Gasteiger partial charge in [0.05, 0.1) is 37.3 Å². The quantitative estimate of drug-likeness (QED) is 0.345. The van der Waals surface area contributed by atoms with Crippen molar-refractivity contribution in [2.45, 2.75) is 75.0 Å². The molecule has 0 aromatic rings. The molecule has 0 aromatic carbocycles. The molecule has 5 rings (SSSR count). The van der Waals surface area contributed by atoms with Crippen LogP contribution in [0.2, 0.25) is 0 Å². The molecular weight excluding hydrogens is 377 g/mol. The third-order valence-corrected chi connectivity index (χ3v) is 7.66. The van der Waals surface area contributed by atoms with E-state index in [0.717, 1.165) is 26.1 Å². The van der Waals surface area contributed by atoms with Gasteiger partial charge < -0.3 is 20.3 Å². The van der Waals surface area contributed by atoms with E-state index in [4.69, 9.17) is 4.74 Å². The van der Waals surface area contributed by atoms with Crippen LogP contribution in [0.25, 0.3) is 0 Å². The monoisotopic (exact) mass is 413 g/mol. The molecule has 5 aliphatic rings. The first-order valence-electron chi connectivity index (χ1n) is 11.4. The SMILES string of the molecule is O[C@@H]1C[C@@H]2C3CC(F)CCC3OC[C@@H](O)CNCC3CNN4CCC(NC34)N2C1. The number of ether oxygens (including phenoxy) is 1. The summed E-state index contributed by atoms with van der Waals surface area (Å²) in [6.07, 6.45) is 1.97. The van der Waals surface area contributed by atoms with Crippen LogP contribution < -0.4 is 16.1 Å². The van der Waals surface area contributed by atoms with E-state index in [-0.39, 0.29) is 43.1 Å². The van der Waals surface area contributed by atoms with Crippen molar-refractivity contribution in [1.29, 1.82) is 0 Å². The van der Waals surface area contributed by atoms with Gasteiger partial charge in [-0.05, 0) is 32.1 Å². The molecule has 0 radical (unpaired) electrons. The molecule has 9 atom stereocenters. The molecule has 8 nitrogen and oxygen atoms in total. The minimum absolute atomic E-state index is 0.0522. The van der Waals surface area contributed by atoms with Crippen molar-refractivity contribution in [3.05, 3.63) is 0 Å². The van der Waals surface area contributed by atoms with Crippen LogP contribution in [-0.2, 0) is 4.74 Å². The van der Waals surface area contributed by atoms with Crippen molar-refractivity contribution in [2.24, 2.45) is 11.8 Å². The molecule has 0 amide bonds. The molecule has 1 aliphatic carbocycles. The van der Waals surface area contributed by atoms with E-state index in [9.17, 15) is 14.6 Å². The third-order valence-electron chi connectivity index (χ3n) is 7.66.